The zero-order chi connectivity index (χ0) is 14.7. The highest BCUT2D eigenvalue weighted by Gasteiger charge is 2.22. The van der Waals surface area contributed by atoms with Gasteiger partial charge < -0.3 is 15.1 Å². The van der Waals surface area contributed by atoms with Gasteiger partial charge in [0.1, 0.15) is 0 Å². The standard InChI is InChI=1S/C13H23FN6/c1-18(2)12-11(14)8-16-13(17-12)15-7-10-9-19(3)5-6-20(10)4/h8,10H,5-7,9H2,1-4H3,(H,15,16,17). The van der Waals surface area contributed by atoms with Gasteiger partial charge in [0.05, 0.1) is 6.20 Å². The van der Waals surface area contributed by atoms with Gasteiger partial charge in [-0.15, -0.1) is 0 Å². The maximum Gasteiger partial charge on any atom is 0.224 e. The van der Waals surface area contributed by atoms with Gasteiger partial charge in [0.25, 0.3) is 0 Å². The van der Waals surface area contributed by atoms with Crippen LogP contribution < -0.4 is 10.2 Å². The molecule has 2 heterocycles. The molecule has 1 aromatic rings. The topological polar surface area (TPSA) is 47.5 Å². The minimum Gasteiger partial charge on any atom is -0.360 e. The van der Waals surface area contributed by atoms with Crippen LogP contribution in [0.1, 0.15) is 0 Å². The molecule has 1 aliphatic heterocycles. The number of piperazine rings is 1. The smallest absolute Gasteiger partial charge is 0.224 e. The maximum atomic E-state index is 13.5. The van der Waals surface area contributed by atoms with E-state index in [1.165, 1.54) is 6.20 Å². The summed E-state index contributed by atoms with van der Waals surface area (Å²) in [6.45, 7) is 3.89. The second-order valence-corrected chi connectivity index (χ2v) is 5.54. The lowest BCUT2D eigenvalue weighted by Gasteiger charge is -2.37. The molecule has 2 rings (SSSR count). The Balaban J connectivity index is 1.98. The summed E-state index contributed by atoms with van der Waals surface area (Å²) >= 11 is 0. The van der Waals surface area contributed by atoms with Crippen LogP contribution in [0.4, 0.5) is 16.2 Å². The van der Waals surface area contributed by atoms with Crippen LogP contribution in [0.5, 0.6) is 0 Å². The minimum absolute atomic E-state index is 0.302. The molecule has 0 amide bonds. The van der Waals surface area contributed by atoms with Crippen molar-refractivity contribution in [2.75, 3.05) is 64.6 Å². The van der Waals surface area contributed by atoms with Crippen molar-refractivity contribution in [1.29, 1.82) is 0 Å². The van der Waals surface area contributed by atoms with E-state index in [-0.39, 0.29) is 0 Å². The lowest BCUT2D eigenvalue weighted by molar-refractivity contribution is 0.121. The molecule has 0 radical (unpaired) electrons. The van der Waals surface area contributed by atoms with Crippen molar-refractivity contribution in [3.05, 3.63) is 12.0 Å². The van der Waals surface area contributed by atoms with Gasteiger partial charge in [-0.3, -0.25) is 4.90 Å². The van der Waals surface area contributed by atoms with E-state index in [4.69, 9.17) is 0 Å². The molecule has 1 atom stereocenters. The number of likely N-dealkylation sites (N-methyl/N-ethyl adjacent to an activating group) is 2. The van der Waals surface area contributed by atoms with Crippen molar-refractivity contribution in [2.24, 2.45) is 0 Å². The lowest BCUT2D eigenvalue weighted by Crippen LogP contribution is -2.52. The molecule has 1 unspecified atom stereocenters. The van der Waals surface area contributed by atoms with Gasteiger partial charge in [-0.2, -0.15) is 4.98 Å². The van der Waals surface area contributed by atoms with Gasteiger partial charge in [0.2, 0.25) is 5.95 Å². The monoisotopic (exact) mass is 282 g/mol. The van der Waals surface area contributed by atoms with Crippen LogP contribution in [-0.2, 0) is 0 Å². The first-order valence-electron chi connectivity index (χ1n) is 6.80. The van der Waals surface area contributed by atoms with Gasteiger partial charge in [-0.1, -0.05) is 0 Å². The molecule has 0 spiro atoms. The van der Waals surface area contributed by atoms with E-state index in [0.29, 0.717) is 17.8 Å². The molecule has 0 saturated carbocycles. The largest absolute Gasteiger partial charge is 0.360 e. The van der Waals surface area contributed by atoms with E-state index in [1.54, 1.807) is 19.0 Å². The van der Waals surface area contributed by atoms with Crippen LogP contribution >= 0.6 is 0 Å². The first kappa shape index (κ1) is 14.9. The second-order valence-electron chi connectivity index (χ2n) is 5.54. The molecule has 1 aromatic heterocycles. The number of anilines is 2. The molecular weight excluding hydrogens is 259 g/mol. The zero-order valence-corrected chi connectivity index (χ0v) is 12.6. The maximum absolute atomic E-state index is 13.5. The van der Waals surface area contributed by atoms with Gasteiger partial charge in [0, 0.05) is 46.3 Å². The summed E-state index contributed by atoms with van der Waals surface area (Å²) < 4.78 is 13.5. The van der Waals surface area contributed by atoms with Crippen LogP contribution in [0.25, 0.3) is 0 Å². The third-order valence-electron chi connectivity index (χ3n) is 3.63. The van der Waals surface area contributed by atoms with Crippen molar-refractivity contribution < 1.29 is 4.39 Å². The van der Waals surface area contributed by atoms with E-state index >= 15 is 0 Å². The lowest BCUT2D eigenvalue weighted by atomic mass is 10.2. The summed E-state index contributed by atoms with van der Waals surface area (Å²) in [5.41, 5.74) is 0. The number of aromatic nitrogens is 2. The summed E-state index contributed by atoms with van der Waals surface area (Å²) in [4.78, 5) is 14.5. The molecule has 1 aliphatic rings. The van der Waals surface area contributed by atoms with Gasteiger partial charge in [0.15, 0.2) is 11.6 Å². The highest BCUT2D eigenvalue weighted by atomic mass is 19.1. The molecule has 1 saturated heterocycles. The van der Waals surface area contributed by atoms with Crippen LogP contribution in [0.15, 0.2) is 6.20 Å². The number of rotatable bonds is 4. The van der Waals surface area contributed by atoms with Gasteiger partial charge >= 0.3 is 0 Å². The molecular formula is C13H23FN6. The summed E-state index contributed by atoms with van der Waals surface area (Å²) in [5, 5.41) is 3.20. The molecule has 0 aromatic carbocycles. The second kappa shape index (κ2) is 6.32. The Bertz CT molecular complexity index is 452. The van der Waals surface area contributed by atoms with E-state index in [0.717, 1.165) is 26.2 Å². The van der Waals surface area contributed by atoms with E-state index in [1.807, 2.05) is 0 Å². The van der Waals surface area contributed by atoms with Crippen LogP contribution in [0.2, 0.25) is 0 Å². The summed E-state index contributed by atoms with van der Waals surface area (Å²) in [5.74, 6) is 0.364. The fourth-order valence-corrected chi connectivity index (χ4v) is 2.29. The predicted octanol–water partition coefficient (Wildman–Crippen LogP) is 0.339. The Morgan fingerprint density at radius 1 is 1.40 bits per heavy atom. The molecule has 6 nitrogen and oxygen atoms in total. The van der Waals surface area contributed by atoms with E-state index in [2.05, 4.69) is 39.2 Å². The fraction of sp³-hybridized carbons (Fsp3) is 0.692. The van der Waals surface area contributed by atoms with Crippen LogP contribution in [0, 0.1) is 5.82 Å². The van der Waals surface area contributed by atoms with Crippen molar-refractivity contribution >= 4 is 11.8 Å². The Morgan fingerprint density at radius 2 is 2.15 bits per heavy atom. The molecule has 1 fully saturated rings. The third-order valence-corrected chi connectivity index (χ3v) is 3.63. The molecule has 0 aliphatic carbocycles. The minimum atomic E-state index is -0.407. The van der Waals surface area contributed by atoms with Crippen LogP contribution in [-0.4, -0.2) is 80.2 Å². The van der Waals surface area contributed by atoms with Crippen molar-refractivity contribution in [3.8, 4) is 0 Å². The normalized spacial score (nSPS) is 20.9. The van der Waals surface area contributed by atoms with Gasteiger partial charge in [-0.25, -0.2) is 9.37 Å². The van der Waals surface area contributed by atoms with Crippen molar-refractivity contribution in [1.82, 2.24) is 19.8 Å². The van der Waals surface area contributed by atoms with E-state index < -0.39 is 5.82 Å². The Morgan fingerprint density at radius 3 is 2.85 bits per heavy atom. The Hall–Kier alpha value is -1.47. The first-order chi connectivity index (χ1) is 9.47. The Labute approximate surface area is 119 Å². The fourth-order valence-electron chi connectivity index (χ4n) is 2.29. The molecule has 112 valence electrons. The summed E-state index contributed by atoms with van der Waals surface area (Å²) in [7, 11) is 7.77. The number of nitrogens with zero attached hydrogens (tertiary/aromatic N) is 5. The zero-order valence-electron chi connectivity index (χ0n) is 12.6. The SMILES string of the molecule is CN1CCN(C)C(CNc2ncc(F)c(N(C)C)n2)C1. The molecule has 1 N–H and O–H groups in total. The number of nitrogens with one attached hydrogen (secondary N) is 1. The molecule has 7 heteroatoms. The van der Waals surface area contributed by atoms with Crippen molar-refractivity contribution in [2.45, 2.75) is 6.04 Å². The van der Waals surface area contributed by atoms with E-state index in [9.17, 15) is 4.39 Å². The summed E-state index contributed by atoms with van der Waals surface area (Å²) in [6, 6.07) is 0.408. The Kier molecular flexibility index (Phi) is 4.72. The highest BCUT2D eigenvalue weighted by molar-refractivity contribution is 5.42. The highest BCUT2D eigenvalue weighted by Crippen LogP contribution is 2.15. The number of hydrogen-bond donors (Lipinski definition) is 1. The average molecular weight is 282 g/mol. The molecule has 0 bridgehead atoms. The quantitative estimate of drug-likeness (QED) is 0.859. The first-order valence-corrected chi connectivity index (χ1v) is 6.80. The van der Waals surface area contributed by atoms with Crippen LogP contribution in [0.3, 0.4) is 0 Å². The number of hydrogen-bond acceptors (Lipinski definition) is 6. The van der Waals surface area contributed by atoms with Crippen molar-refractivity contribution in [3.63, 3.8) is 0 Å². The van der Waals surface area contributed by atoms with Gasteiger partial charge in [-0.05, 0) is 14.1 Å². The summed E-state index contributed by atoms with van der Waals surface area (Å²) in [6.07, 6.45) is 1.21. The third kappa shape index (κ3) is 3.55. The molecule has 20 heavy (non-hydrogen) atoms. The number of halogens is 1. The average Bonchev–Trinajstić information content (AvgIpc) is 2.41. The predicted molar refractivity (Wildman–Crippen MR) is 78.7 cm³/mol.